The molecule has 1 unspecified atom stereocenters. The number of nitrogens with two attached hydrogens (primary N) is 1. The third-order valence-electron chi connectivity index (χ3n) is 6.14. The summed E-state index contributed by atoms with van der Waals surface area (Å²) in [6.07, 6.45) is 0.286. The number of Topliss-reactive ketones (excluding diaryl/α,β-unsaturated/α-hetero) is 1. The number of aliphatic hydroxyl groups excluding tert-OH is 6. The van der Waals surface area contributed by atoms with Gasteiger partial charge in [0.2, 0.25) is 11.6 Å². The maximum absolute atomic E-state index is 12.4. The second kappa shape index (κ2) is 15.2. The normalized spacial score (nSPS) is 19.1. The van der Waals surface area contributed by atoms with Gasteiger partial charge in [-0.25, -0.2) is 0 Å². The first kappa shape index (κ1) is 34.0. The minimum atomic E-state index is -4.20. The summed E-state index contributed by atoms with van der Waals surface area (Å²) in [7, 11) is -4.20. The molecule has 17 heteroatoms. The first-order valence-electron chi connectivity index (χ1n) is 12.8. The predicted molar refractivity (Wildman–Crippen MR) is 141 cm³/mol. The molecule has 1 aliphatic carbocycles. The van der Waals surface area contributed by atoms with E-state index in [1.807, 2.05) is 14.7 Å². The van der Waals surface area contributed by atoms with Crippen molar-refractivity contribution >= 4 is 21.7 Å². The van der Waals surface area contributed by atoms with E-state index in [0.29, 0.717) is 17.1 Å². The van der Waals surface area contributed by atoms with Crippen molar-refractivity contribution in [3.05, 3.63) is 23.2 Å². The van der Waals surface area contributed by atoms with Crippen molar-refractivity contribution in [2.24, 2.45) is 5.73 Å². The quantitative estimate of drug-likeness (QED) is 0.0529. The molecule has 3 aliphatic heterocycles. The van der Waals surface area contributed by atoms with Crippen molar-refractivity contribution < 1.29 is 53.2 Å². The van der Waals surface area contributed by atoms with Crippen molar-refractivity contribution in [1.82, 2.24) is 19.6 Å². The van der Waals surface area contributed by atoms with Gasteiger partial charge < -0.3 is 51.1 Å². The van der Waals surface area contributed by atoms with Crippen molar-refractivity contribution in [1.29, 1.82) is 0 Å². The number of aliphatic hydroxyl groups is 6. The van der Waals surface area contributed by atoms with Crippen molar-refractivity contribution in [2.45, 2.75) is 11.6 Å². The van der Waals surface area contributed by atoms with E-state index < -0.39 is 47.3 Å². The first-order chi connectivity index (χ1) is 18.8. The summed E-state index contributed by atoms with van der Waals surface area (Å²) in [6.45, 7) is 4.31. The molecule has 3 fully saturated rings. The lowest BCUT2D eigenvalue weighted by Gasteiger charge is -2.22. The minimum Gasteiger partial charge on any atom is -0.395 e. The highest BCUT2D eigenvalue weighted by atomic mass is 32.2. The molecule has 0 radical (unpaired) electrons. The Labute approximate surface area is 232 Å². The van der Waals surface area contributed by atoms with Crippen LogP contribution in [0.2, 0.25) is 0 Å². The number of nitrogens with zero attached hydrogens (tertiary/aromatic N) is 4. The summed E-state index contributed by atoms with van der Waals surface area (Å²) in [5.41, 5.74) is 5.82. The third-order valence-corrected chi connectivity index (χ3v) is 6.94. The number of carbonyl (C=O) groups is 2. The van der Waals surface area contributed by atoms with Crippen molar-refractivity contribution in [3.63, 3.8) is 0 Å². The van der Waals surface area contributed by atoms with E-state index in [9.17, 15) is 23.1 Å². The van der Waals surface area contributed by atoms with Crippen molar-refractivity contribution in [3.8, 4) is 0 Å². The number of ketones is 2. The number of allylic oxidation sites excluding steroid dienone is 1. The van der Waals surface area contributed by atoms with Crippen LogP contribution in [0, 0.1) is 0 Å². The van der Waals surface area contributed by atoms with E-state index in [2.05, 4.69) is 0 Å². The summed E-state index contributed by atoms with van der Waals surface area (Å²) in [5, 5.41) is 51.6. The Bertz CT molecular complexity index is 1020. The first-order valence-corrected chi connectivity index (χ1v) is 14.4. The van der Waals surface area contributed by atoms with Crippen LogP contribution in [-0.2, 0) is 19.7 Å². The van der Waals surface area contributed by atoms with Gasteiger partial charge in [-0.3, -0.25) is 19.0 Å². The van der Waals surface area contributed by atoms with Gasteiger partial charge >= 0.3 is 0 Å². The van der Waals surface area contributed by atoms with Crippen LogP contribution in [0.1, 0.15) is 0 Å². The van der Waals surface area contributed by atoms with Gasteiger partial charge in [-0.1, -0.05) is 0 Å². The molecule has 16 nitrogen and oxygen atoms in total. The molecule has 40 heavy (non-hydrogen) atoms. The monoisotopic (exact) mass is 595 g/mol. The largest absolute Gasteiger partial charge is 0.395 e. The van der Waals surface area contributed by atoms with E-state index in [1.165, 1.54) is 11.0 Å². The number of hydrogen-bond donors (Lipinski definition) is 8. The van der Waals surface area contributed by atoms with Crippen LogP contribution in [0.4, 0.5) is 0 Å². The molecule has 0 amide bonds. The molecule has 0 saturated carbocycles. The Morgan fingerprint density at radius 3 is 1.65 bits per heavy atom. The van der Waals surface area contributed by atoms with E-state index in [4.69, 9.17) is 35.8 Å². The zero-order valence-electron chi connectivity index (χ0n) is 22.3. The molecule has 3 heterocycles. The number of carbonyl (C=O) groups excluding carboxylic acids is 2. The van der Waals surface area contributed by atoms with E-state index in [-0.39, 0.29) is 44.4 Å². The molecule has 4 rings (SSSR count). The molecule has 0 aromatic heterocycles. The molecule has 3 saturated heterocycles. The standard InChI is InChI=1S/C12H13N3O2.C7H17NO6S.C4H11NO3/c16-9-7-8(13-1-2-13)12(17)11(15-5-6-15)10(9)14-3-4-14;9-3-1-8(2-4-10)5-7(11)6-15(12,13)14;5-4(1-6,2-7)3-8/h7H,1-6H2;7,9-11H,1-6H2,(H,12,13,14);6-8H,1-3,5H2. The van der Waals surface area contributed by atoms with Gasteiger partial charge in [0.25, 0.3) is 10.1 Å². The molecule has 0 aromatic carbocycles. The van der Waals surface area contributed by atoms with Gasteiger partial charge in [-0.2, -0.15) is 8.42 Å². The fraction of sp³-hybridized carbons (Fsp3) is 0.739. The minimum absolute atomic E-state index is 0.00546. The Balaban J connectivity index is 0.000000225. The highest BCUT2D eigenvalue weighted by molar-refractivity contribution is 7.85. The Morgan fingerprint density at radius 1 is 0.850 bits per heavy atom. The molecule has 0 aromatic rings. The summed E-state index contributed by atoms with van der Waals surface area (Å²) >= 11 is 0. The number of hydrogen-bond acceptors (Lipinski definition) is 15. The Hall–Kier alpha value is -2.19. The van der Waals surface area contributed by atoms with Crippen LogP contribution in [0.3, 0.4) is 0 Å². The second-order valence-corrected chi connectivity index (χ2v) is 11.4. The lowest BCUT2D eigenvalue weighted by Crippen LogP contribution is -2.50. The van der Waals surface area contributed by atoms with E-state index in [1.54, 1.807) is 0 Å². The Morgan fingerprint density at radius 2 is 1.30 bits per heavy atom. The molecular weight excluding hydrogens is 554 g/mol. The molecule has 0 spiro atoms. The Kier molecular flexibility index (Phi) is 12.9. The summed E-state index contributed by atoms with van der Waals surface area (Å²) in [4.78, 5) is 32.0. The molecule has 4 aliphatic rings. The lowest BCUT2D eigenvalue weighted by atomic mass is 10.0. The zero-order chi connectivity index (χ0) is 30.1. The zero-order valence-corrected chi connectivity index (χ0v) is 23.1. The van der Waals surface area contributed by atoms with Gasteiger partial charge in [0, 0.05) is 65.0 Å². The van der Waals surface area contributed by atoms with E-state index >= 15 is 0 Å². The van der Waals surface area contributed by atoms with Crippen LogP contribution in [0.5, 0.6) is 0 Å². The highest BCUT2D eigenvalue weighted by Gasteiger charge is 2.43. The highest BCUT2D eigenvalue weighted by Crippen LogP contribution is 2.33. The van der Waals surface area contributed by atoms with Crippen LogP contribution in [0.25, 0.3) is 0 Å². The van der Waals surface area contributed by atoms with Gasteiger partial charge in [0.05, 0.1) is 50.4 Å². The fourth-order valence-electron chi connectivity index (χ4n) is 3.60. The number of rotatable bonds is 14. The summed E-state index contributed by atoms with van der Waals surface area (Å²) in [6, 6.07) is 0. The average molecular weight is 596 g/mol. The predicted octanol–water partition coefficient (Wildman–Crippen LogP) is -5.64. The molecule has 1 atom stereocenters. The third kappa shape index (κ3) is 11.0. The maximum atomic E-state index is 12.4. The van der Waals surface area contributed by atoms with Gasteiger partial charge in [-0.15, -0.1) is 0 Å². The van der Waals surface area contributed by atoms with Crippen LogP contribution < -0.4 is 5.73 Å². The lowest BCUT2D eigenvalue weighted by molar-refractivity contribution is -0.117. The van der Waals surface area contributed by atoms with Crippen LogP contribution >= 0.6 is 0 Å². The topological polar surface area (TPSA) is 248 Å². The van der Waals surface area contributed by atoms with Crippen LogP contribution in [0.15, 0.2) is 23.2 Å². The van der Waals surface area contributed by atoms with Gasteiger partial charge in [-0.05, 0) is 0 Å². The smallest absolute Gasteiger partial charge is 0.267 e. The van der Waals surface area contributed by atoms with Gasteiger partial charge in [0.15, 0.2) is 0 Å². The summed E-state index contributed by atoms with van der Waals surface area (Å²) in [5.74, 6) is -0.701. The summed E-state index contributed by atoms with van der Waals surface area (Å²) < 4.78 is 29.3. The SMILES string of the molecule is NC(CO)(CO)CO.O=C1C=C(N2CC2)C(=O)C(N2CC2)=C1N1CC1.O=S(=O)(O)CC(O)CN(CCO)CCO. The molecule has 0 bridgehead atoms. The van der Waals surface area contributed by atoms with Gasteiger partial charge in [0.1, 0.15) is 17.1 Å². The molecule has 9 N–H and O–H groups in total. The average Bonchev–Trinajstić information content (AvgIpc) is 3.73. The second-order valence-electron chi connectivity index (χ2n) is 9.87. The van der Waals surface area contributed by atoms with Crippen LogP contribution in [-0.4, -0.2) is 184 Å². The fourth-order valence-corrected chi connectivity index (χ4v) is 4.19. The molecular formula is C23H41N5O11S. The van der Waals surface area contributed by atoms with Crippen molar-refractivity contribution in [2.75, 3.05) is 97.7 Å². The maximum Gasteiger partial charge on any atom is 0.267 e. The van der Waals surface area contributed by atoms with E-state index in [0.717, 1.165) is 39.3 Å². The molecule has 230 valence electrons.